The number of carbonyl (C=O) groups is 4. The van der Waals surface area contributed by atoms with Crippen LogP contribution in [0.2, 0.25) is 0 Å². The molecule has 0 saturated carbocycles. The van der Waals surface area contributed by atoms with Crippen LogP contribution in [0, 0.1) is 5.92 Å². The number of carbonyl (C=O) groups excluding carboxylic acids is 3. The second kappa shape index (κ2) is 10.1. The molecule has 1 atom stereocenters. The number of nitrogens with one attached hydrogen (secondary N) is 1. The summed E-state index contributed by atoms with van der Waals surface area (Å²) in [5, 5.41) is 12.0. The lowest BCUT2D eigenvalue weighted by molar-refractivity contribution is -0.333. The second-order valence-corrected chi connectivity index (χ2v) is 7.62. The number of carboxylic acids is 1. The molecule has 2 aliphatic rings. The van der Waals surface area contributed by atoms with E-state index in [-0.39, 0.29) is 29.7 Å². The molecule has 1 aliphatic carbocycles. The van der Waals surface area contributed by atoms with Crippen molar-refractivity contribution in [1.82, 2.24) is 5.32 Å². The number of ketones is 1. The molecule has 1 aliphatic heterocycles. The quantitative estimate of drug-likeness (QED) is 0.149. The topological polar surface area (TPSA) is 154 Å². The Morgan fingerprint density at radius 2 is 1.94 bits per heavy atom. The van der Waals surface area contributed by atoms with Crippen molar-refractivity contribution < 1.29 is 38.8 Å². The van der Waals surface area contributed by atoms with Gasteiger partial charge in [-0.3, -0.25) is 9.59 Å². The van der Waals surface area contributed by atoms with Crippen LogP contribution in [0.5, 0.6) is 0 Å². The van der Waals surface area contributed by atoms with Gasteiger partial charge in [0.25, 0.3) is 5.60 Å². The molecule has 1 aromatic rings. The molecule has 1 fully saturated rings. The number of hydrogen-bond donors (Lipinski definition) is 3. The normalized spacial score (nSPS) is 20.0. The molecule has 4 N–H and O–H groups in total. The third-order valence-electron chi connectivity index (χ3n) is 5.53. The Morgan fingerprint density at radius 1 is 1.19 bits per heavy atom. The highest BCUT2D eigenvalue weighted by Gasteiger charge is 2.64. The van der Waals surface area contributed by atoms with Crippen LogP contribution in [0.25, 0.3) is 0 Å². The van der Waals surface area contributed by atoms with Gasteiger partial charge in [0.2, 0.25) is 0 Å². The summed E-state index contributed by atoms with van der Waals surface area (Å²) in [6.45, 7) is 0.790. The first-order valence-electron chi connectivity index (χ1n) is 10.3. The molecule has 0 bridgehead atoms. The Kier molecular flexibility index (Phi) is 7.50. The van der Waals surface area contributed by atoms with E-state index in [1.807, 2.05) is 0 Å². The predicted octanol–water partition coefficient (Wildman–Crippen LogP) is 0.657. The van der Waals surface area contributed by atoms with Crippen LogP contribution in [0.4, 0.5) is 0 Å². The fourth-order valence-electron chi connectivity index (χ4n) is 3.92. The first kappa shape index (κ1) is 23.0. The van der Waals surface area contributed by atoms with Crippen molar-refractivity contribution in [2.45, 2.75) is 37.7 Å². The van der Waals surface area contributed by atoms with Crippen LogP contribution in [-0.4, -0.2) is 55.0 Å². The number of ether oxygens (including phenoxy) is 1. The van der Waals surface area contributed by atoms with E-state index >= 15 is 0 Å². The number of carboxylic acid groups (broad SMARTS) is 1. The number of nitrogens with two attached hydrogens (primary N) is 1. The number of esters is 2. The molecule has 10 heteroatoms. The highest BCUT2D eigenvalue weighted by molar-refractivity contribution is 6.08. The van der Waals surface area contributed by atoms with Crippen molar-refractivity contribution in [3.8, 4) is 0 Å². The molecule has 3 rings (SSSR count). The van der Waals surface area contributed by atoms with Gasteiger partial charge >= 0.3 is 17.9 Å². The standard InChI is InChI=1S/C21H26N2O8/c22-11-16(24)14-4-2-5-15-19(14)21(15,31-29-12-17(25)26)20(28)30-18(27)6-1-3-13-7-9-23-10-8-13/h2,4-5,13,23H,1,3,6-12,22H2,(H,25,26). The fourth-order valence-corrected chi connectivity index (χ4v) is 3.92. The van der Waals surface area contributed by atoms with Gasteiger partial charge in [-0.05, 0) is 44.7 Å². The minimum Gasteiger partial charge on any atom is -0.479 e. The largest absolute Gasteiger partial charge is 0.479 e. The van der Waals surface area contributed by atoms with Gasteiger partial charge in [0.05, 0.1) is 6.54 Å². The number of rotatable bonds is 11. The van der Waals surface area contributed by atoms with Crippen molar-refractivity contribution in [3.05, 3.63) is 34.9 Å². The predicted molar refractivity (Wildman–Crippen MR) is 106 cm³/mol. The molecule has 0 aromatic heterocycles. The smallest absolute Gasteiger partial charge is 0.359 e. The second-order valence-electron chi connectivity index (χ2n) is 7.62. The van der Waals surface area contributed by atoms with E-state index in [0.717, 1.165) is 32.4 Å². The van der Waals surface area contributed by atoms with Crippen molar-refractivity contribution >= 4 is 23.7 Å². The molecule has 10 nitrogen and oxygen atoms in total. The first-order valence-corrected chi connectivity index (χ1v) is 10.3. The third kappa shape index (κ3) is 5.16. The van der Waals surface area contributed by atoms with Gasteiger partial charge in [0, 0.05) is 23.1 Å². The van der Waals surface area contributed by atoms with Gasteiger partial charge in [0.15, 0.2) is 12.4 Å². The highest BCUT2D eigenvalue weighted by atomic mass is 17.2. The molecule has 0 spiro atoms. The molecule has 1 aromatic carbocycles. The summed E-state index contributed by atoms with van der Waals surface area (Å²) >= 11 is 0. The number of piperidine rings is 1. The fraction of sp³-hybridized carbons (Fsp3) is 0.524. The van der Waals surface area contributed by atoms with E-state index < -0.39 is 35.9 Å². The molecule has 1 unspecified atom stereocenters. The molecule has 1 heterocycles. The zero-order chi connectivity index (χ0) is 22.4. The van der Waals surface area contributed by atoms with Crippen LogP contribution in [0.3, 0.4) is 0 Å². The van der Waals surface area contributed by atoms with Gasteiger partial charge in [-0.15, -0.1) is 0 Å². The summed E-state index contributed by atoms with van der Waals surface area (Å²) < 4.78 is 4.99. The maximum atomic E-state index is 12.9. The van der Waals surface area contributed by atoms with Crippen LogP contribution in [0.1, 0.15) is 53.6 Å². The van der Waals surface area contributed by atoms with Crippen LogP contribution >= 0.6 is 0 Å². The molecular formula is C21H26N2O8. The summed E-state index contributed by atoms with van der Waals surface area (Å²) in [4.78, 5) is 57.8. The lowest BCUT2D eigenvalue weighted by Crippen LogP contribution is -2.32. The van der Waals surface area contributed by atoms with E-state index in [1.165, 1.54) is 18.2 Å². The Morgan fingerprint density at radius 3 is 2.61 bits per heavy atom. The number of aliphatic carboxylic acids is 1. The Balaban J connectivity index is 1.65. The van der Waals surface area contributed by atoms with Crippen molar-refractivity contribution in [3.63, 3.8) is 0 Å². The maximum absolute atomic E-state index is 12.9. The molecular weight excluding hydrogens is 408 g/mol. The van der Waals surface area contributed by atoms with Gasteiger partial charge in [-0.1, -0.05) is 18.2 Å². The molecule has 168 valence electrons. The summed E-state index contributed by atoms with van der Waals surface area (Å²) in [6.07, 6.45) is 3.62. The summed E-state index contributed by atoms with van der Waals surface area (Å²) in [7, 11) is 0. The average molecular weight is 434 g/mol. The summed E-state index contributed by atoms with van der Waals surface area (Å²) in [5.41, 5.74) is 4.04. The van der Waals surface area contributed by atoms with Crippen molar-refractivity contribution in [1.29, 1.82) is 0 Å². The first-order chi connectivity index (χ1) is 14.9. The summed E-state index contributed by atoms with van der Waals surface area (Å²) in [5.74, 6) is -3.01. The van der Waals surface area contributed by atoms with Crippen LogP contribution in [0.15, 0.2) is 18.2 Å². The number of Topliss-reactive ketones (excluding diaryl/α,β-unsaturated/α-hetero) is 1. The Hall–Kier alpha value is -2.66. The monoisotopic (exact) mass is 434 g/mol. The van der Waals surface area contributed by atoms with Crippen molar-refractivity contribution in [2.75, 3.05) is 26.2 Å². The van der Waals surface area contributed by atoms with Gasteiger partial charge in [-0.2, -0.15) is 0 Å². The zero-order valence-electron chi connectivity index (χ0n) is 17.1. The molecule has 0 radical (unpaired) electrons. The summed E-state index contributed by atoms with van der Waals surface area (Å²) in [6, 6.07) is 4.50. The SMILES string of the molecule is NCC(=O)c1cccc2c1C2(OOCC(=O)O)C(=O)OC(=O)CCCC1CCNCC1. The van der Waals surface area contributed by atoms with E-state index in [4.69, 9.17) is 20.5 Å². The third-order valence-corrected chi connectivity index (χ3v) is 5.53. The molecule has 31 heavy (non-hydrogen) atoms. The van der Waals surface area contributed by atoms with Crippen LogP contribution in [-0.2, 0) is 34.5 Å². The zero-order valence-corrected chi connectivity index (χ0v) is 17.1. The molecule has 0 amide bonds. The maximum Gasteiger partial charge on any atom is 0.359 e. The highest BCUT2D eigenvalue weighted by Crippen LogP contribution is 2.54. The van der Waals surface area contributed by atoms with E-state index in [0.29, 0.717) is 12.3 Å². The minimum atomic E-state index is -1.95. The van der Waals surface area contributed by atoms with E-state index in [2.05, 4.69) is 10.2 Å². The van der Waals surface area contributed by atoms with Gasteiger partial charge in [0.1, 0.15) is 0 Å². The van der Waals surface area contributed by atoms with Crippen molar-refractivity contribution in [2.24, 2.45) is 11.7 Å². The Labute approximate surface area is 178 Å². The number of hydrogen-bond acceptors (Lipinski definition) is 9. The van der Waals surface area contributed by atoms with E-state index in [1.54, 1.807) is 0 Å². The average Bonchev–Trinajstić information content (AvgIpc) is 3.42. The van der Waals surface area contributed by atoms with Gasteiger partial charge in [-0.25, -0.2) is 19.4 Å². The van der Waals surface area contributed by atoms with Gasteiger partial charge < -0.3 is 20.9 Å². The number of benzene rings is 1. The lowest BCUT2D eigenvalue weighted by atomic mass is 9.92. The molecule has 1 saturated heterocycles. The Bertz CT molecular complexity index is 865. The number of fused-ring (bicyclic) bond motifs is 1. The van der Waals surface area contributed by atoms with E-state index in [9.17, 15) is 19.2 Å². The van der Waals surface area contributed by atoms with Crippen LogP contribution < -0.4 is 11.1 Å². The minimum absolute atomic E-state index is 0.0622. The lowest BCUT2D eigenvalue weighted by Gasteiger charge is -2.22.